The van der Waals surface area contributed by atoms with Gasteiger partial charge in [0.1, 0.15) is 17.2 Å². The SMILES string of the molecule is C#Cc1ccc(C#CCCCCCCCCCCCOc2ccc(C#Cc3ccc(-c4cc(C(=O)OCC)cc(-c5ccc(C#Cc6ccc(OCCCCCCCCCCCC#Cc7ccc(C#C)cc7)cc6)cc5)c4O)cc3)cc2)cc1. The minimum Gasteiger partial charge on any atom is -0.507 e. The number of phenolic OH excluding ortho intramolecular Hbond substituents is 1. The topological polar surface area (TPSA) is 65.0 Å². The molecule has 0 aliphatic heterocycles. The smallest absolute Gasteiger partial charge is 0.338 e. The highest BCUT2D eigenvalue weighted by Gasteiger charge is 2.18. The number of esters is 1. The van der Waals surface area contributed by atoms with Crippen LogP contribution in [-0.4, -0.2) is 30.9 Å². The second-order valence-corrected chi connectivity index (χ2v) is 21.0. The lowest BCUT2D eigenvalue weighted by Crippen LogP contribution is -2.05. The number of carbonyl (C=O) groups is 1. The average Bonchev–Trinajstić information content (AvgIpc) is 3.69. The number of phenols is 1. The van der Waals surface area contributed by atoms with Gasteiger partial charge in [-0.1, -0.05) is 173 Å². The van der Waals surface area contributed by atoms with Gasteiger partial charge >= 0.3 is 5.97 Å². The molecule has 7 aromatic rings. The van der Waals surface area contributed by atoms with Crippen molar-refractivity contribution in [3.05, 3.63) is 208 Å². The van der Waals surface area contributed by atoms with E-state index in [1.165, 1.54) is 89.9 Å². The molecule has 0 heterocycles. The van der Waals surface area contributed by atoms with E-state index in [0.29, 0.717) is 29.9 Å². The average molecular weight is 1110 g/mol. The summed E-state index contributed by atoms with van der Waals surface area (Å²) in [5.41, 5.74) is 10.1. The third-order valence-corrected chi connectivity index (χ3v) is 14.4. The molecular weight excluding hydrogens is 1030 g/mol. The van der Waals surface area contributed by atoms with Crippen LogP contribution in [0, 0.1) is 72.1 Å². The second kappa shape index (κ2) is 36.3. The highest BCUT2D eigenvalue weighted by atomic mass is 16.5. The van der Waals surface area contributed by atoms with Crippen molar-refractivity contribution in [2.45, 2.75) is 135 Å². The van der Waals surface area contributed by atoms with E-state index >= 15 is 0 Å². The number of benzene rings is 7. The Labute approximate surface area is 502 Å². The van der Waals surface area contributed by atoms with Crippen LogP contribution >= 0.6 is 0 Å². The van der Waals surface area contributed by atoms with Gasteiger partial charge in [0, 0.05) is 68.5 Å². The molecule has 0 bridgehead atoms. The van der Waals surface area contributed by atoms with Gasteiger partial charge in [0.15, 0.2) is 0 Å². The van der Waals surface area contributed by atoms with E-state index < -0.39 is 5.97 Å². The van der Waals surface area contributed by atoms with Crippen LogP contribution < -0.4 is 9.47 Å². The number of aromatic hydroxyl groups is 1. The third kappa shape index (κ3) is 22.3. The predicted octanol–water partition coefficient (Wildman–Crippen LogP) is 18.3. The van der Waals surface area contributed by atoms with Gasteiger partial charge in [-0.25, -0.2) is 4.79 Å². The summed E-state index contributed by atoms with van der Waals surface area (Å²) in [4.78, 5) is 13.1. The molecule has 0 saturated heterocycles. The first-order valence-electron chi connectivity index (χ1n) is 30.2. The maximum Gasteiger partial charge on any atom is 0.338 e. The van der Waals surface area contributed by atoms with Gasteiger partial charge in [-0.2, -0.15) is 0 Å². The van der Waals surface area contributed by atoms with Gasteiger partial charge in [-0.05, 0) is 177 Å². The highest BCUT2D eigenvalue weighted by molar-refractivity contribution is 5.96. The molecule has 0 spiro atoms. The van der Waals surface area contributed by atoms with Gasteiger partial charge < -0.3 is 19.3 Å². The first-order chi connectivity index (χ1) is 41.4. The van der Waals surface area contributed by atoms with Crippen molar-refractivity contribution in [3.8, 4) is 112 Å². The molecule has 0 saturated carbocycles. The van der Waals surface area contributed by atoms with Crippen LogP contribution in [0.5, 0.6) is 17.2 Å². The summed E-state index contributed by atoms with van der Waals surface area (Å²) >= 11 is 0. The van der Waals surface area contributed by atoms with E-state index in [4.69, 9.17) is 27.1 Å². The summed E-state index contributed by atoms with van der Waals surface area (Å²) in [6, 6.07) is 50.2. The molecule has 0 atom stereocenters. The highest BCUT2D eigenvalue weighted by Crippen LogP contribution is 2.40. The summed E-state index contributed by atoms with van der Waals surface area (Å²) in [6.07, 6.45) is 34.6. The van der Waals surface area contributed by atoms with E-state index in [1.807, 2.05) is 146 Å². The van der Waals surface area contributed by atoms with Crippen molar-refractivity contribution in [3.63, 3.8) is 0 Å². The quantitative estimate of drug-likeness (QED) is 0.0301. The van der Waals surface area contributed by atoms with Gasteiger partial charge in [0.05, 0.1) is 25.4 Å². The number of hydrogen-bond acceptors (Lipinski definition) is 5. The minimum atomic E-state index is -0.461. The molecule has 7 rings (SSSR count). The molecule has 84 heavy (non-hydrogen) atoms. The van der Waals surface area contributed by atoms with Crippen molar-refractivity contribution >= 4 is 5.97 Å². The van der Waals surface area contributed by atoms with E-state index in [1.54, 1.807) is 19.1 Å². The lowest BCUT2D eigenvalue weighted by molar-refractivity contribution is 0.0526. The van der Waals surface area contributed by atoms with Crippen molar-refractivity contribution in [1.29, 1.82) is 0 Å². The number of rotatable bonds is 28. The monoisotopic (exact) mass is 1110 g/mol. The number of carbonyl (C=O) groups excluding carboxylic acids is 1. The van der Waals surface area contributed by atoms with Gasteiger partial charge in [0.25, 0.3) is 0 Å². The minimum absolute atomic E-state index is 0.0620. The summed E-state index contributed by atoms with van der Waals surface area (Å²) in [5.74, 6) is 32.6. The molecule has 5 nitrogen and oxygen atoms in total. The Bertz CT molecular complexity index is 3260. The fraction of sp³-hybridized carbons (Fsp3) is 0.304. The molecule has 424 valence electrons. The fourth-order valence-corrected chi connectivity index (χ4v) is 9.55. The molecular formula is C79H78O5. The zero-order valence-corrected chi connectivity index (χ0v) is 49.0. The summed E-state index contributed by atoms with van der Waals surface area (Å²) in [5, 5.41) is 11.8. The molecule has 0 aliphatic carbocycles. The zero-order valence-electron chi connectivity index (χ0n) is 49.0. The lowest BCUT2D eigenvalue weighted by atomic mass is 9.93. The number of ether oxygens (including phenoxy) is 3. The van der Waals surface area contributed by atoms with E-state index in [0.717, 1.165) is 106 Å². The normalized spacial score (nSPS) is 10.3. The van der Waals surface area contributed by atoms with Crippen LogP contribution in [0.1, 0.15) is 190 Å². The third-order valence-electron chi connectivity index (χ3n) is 14.4. The van der Waals surface area contributed by atoms with E-state index in [2.05, 4.69) is 59.2 Å². The van der Waals surface area contributed by atoms with Crippen molar-refractivity contribution < 1.29 is 24.1 Å². The van der Waals surface area contributed by atoms with Crippen molar-refractivity contribution in [1.82, 2.24) is 0 Å². The zero-order chi connectivity index (χ0) is 58.7. The standard InChI is InChI=1S/C79H78O5/c1-4-63-31-35-65(36-32-63)29-25-21-17-13-9-7-11-15-19-23-27-59-83-74-55-47-69(48-56-74)41-39-67-43-51-71(52-44-67)76-61-73(79(81)82-6-3)62-77(78(76)80)72-53-45-68(46-54-72)40-42-70-49-57-75(58-50-70)84-60-28-24-20-16-12-8-10-14-18-22-26-30-66-37-33-64(5-2)34-38-66/h1-2,31-38,43-58,61-62,80H,6-24,27-28,59-60H2,3H3. The van der Waals surface area contributed by atoms with Crippen LogP contribution in [0.4, 0.5) is 0 Å². The summed E-state index contributed by atoms with van der Waals surface area (Å²) in [6.45, 7) is 3.42. The maximum atomic E-state index is 13.1. The van der Waals surface area contributed by atoms with E-state index in [-0.39, 0.29) is 12.4 Å². The molecule has 1 N–H and O–H groups in total. The second-order valence-electron chi connectivity index (χ2n) is 21.0. The first kappa shape index (κ1) is 62.4. The Morgan fingerprint density at radius 2 is 0.667 bits per heavy atom. The Morgan fingerprint density at radius 3 is 1.00 bits per heavy atom. The number of terminal acetylenes is 2. The molecule has 0 aromatic heterocycles. The molecule has 7 aromatic carbocycles. The molecule has 0 aliphatic rings. The van der Waals surface area contributed by atoms with Crippen LogP contribution in [0.15, 0.2) is 158 Å². The predicted molar refractivity (Wildman–Crippen MR) is 346 cm³/mol. The fourth-order valence-electron chi connectivity index (χ4n) is 9.55. The molecule has 0 amide bonds. The van der Waals surface area contributed by atoms with E-state index in [9.17, 15) is 9.90 Å². The summed E-state index contributed by atoms with van der Waals surface area (Å²) in [7, 11) is 0. The Hall–Kier alpha value is -9.23. The Kier molecular flexibility index (Phi) is 26.9. The van der Waals surface area contributed by atoms with Crippen LogP contribution in [0.25, 0.3) is 22.3 Å². The van der Waals surface area contributed by atoms with Gasteiger partial charge in [-0.15, -0.1) is 12.8 Å². The molecule has 0 radical (unpaired) electrons. The first-order valence-corrected chi connectivity index (χ1v) is 30.2. The van der Waals surface area contributed by atoms with Crippen molar-refractivity contribution in [2.75, 3.05) is 19.8 Å². The Morgan fingerprint density at radius 1 is 0.381 bits per heavy atom. The summed E-state index contributed by atoms with van der Waals surface area (Å²) < 4.78 is 17.5. The van der Waals surface area contributed by atoms with Crippen LogP contribution in [-0.2, 0) is 4.74 Å². The lowest BCUT2D eigenvalue weighted by Gasteiger charge is -2.14. The van der Waals surface area contributed by atoms with Crippen LogP contribution in [0.2, 0.25) is 0 Å². The number of hydrogen-bond donors (Lipinski definition) is 1. The number of unbranched alkanes of at least 4 members (excludes halogenated alkanes) is 18. The Balaban J connectivity index is 0.786. The molecule has 0 fully saturated rings. The molecule has 5 heteroatoms. The largest absolute Gasteiger partial charge is 0.507 e. The van der Waals surface area contributed by atoms with Crippen LogP contribution in [0.3, 0.4) is 0 Å². The van der Waals surface area contributed by atoms with Crippen molar-refractivity contribution in [2.24, 2.45) is 0 Å². The van der Waals surface area contributed by atoms with Gasteiger partial charge in [-0.3, -0.25) is 0 Å². The van der Waals surface area contributed by atoms with Gasteiger partial charge in [0.2, 0.25) is 0 Å². The maximum absolute atomic E-state index is 13.1. The molecule has 0 unspecified atom stereocenters.